The molecule has 21 heavy (non-hydrogen) atoms. The summed E-state index contributed by atoms with van der Waals surface area (Å²) in [7, 11) is 1.47. The van der Waals surface area contributed by atoms with Crippen molar-refractivity contribution in [2.45, 2.75) is 31.3 Å². The molecule has 2 saturated heterocycles. The lowest BCUT2D eigenvalue weighted by Gasteiger charge is -2.22. The average Bonchev–Trinajstić information content (AvgIpc) is 3.09. The number of carbonyl (C=O) groups is 2. The van der Waals surface area contributed by atoms with E-state index in [1.54, 1.807) is 4.90 Å². The minimum atomic E-state index is -0.877. The Bertz CT molecular complexity index is 638. The first-order chi connectivity index (χ1) is 9.91. The van der Waals surface area contributed by atoms with Crippen molar-refractivity contribution in [1.29, 1.82) is 0 Å². The van der Waals surface area contributed by atoms with Crippen LogP contribution in [0.25, 0.3) is 0 Å². The van der Waals surface area contributed by atoms with Crippen molar-refractivity contribution < 1.29 is 19.6 Å². The number of aliphatic carboxylic acids is 1. The van der Waals surface area contributed by atoms with Gasteiger partial charge in [0.25, 0.3) is 5.91 Å². The molecule has 0 spiro atoms. The second kappa shape index (κ2) is 4.57. The number of fused-ring (bicyclic) bond motifs is 2. The quantitative estimate of drug-likeness (QED) is 0.661. The minimum Gasteiger partial charge on any atom is -0.481 e. The van der Waals surface area contributed by atoms with Crippen LogP contribution >= 0.6 is 0 Å². The number of nitro groups is 1. The van der Waals surface area contributed by atoms with E-state index < -0.39 is 16.8 Å². The van der Waals surface area contributed by atoms with Crippen LogP contribution in [0.5, 0.6) is 0 Å². The van der Waals surface area contributed by atoms with Crippen molar-refractivity contribution >= 4 is 17.7 Å². The van der Waals surface area contributed by atoms with Gasteiger partial charge in [0.15, 0.2) is 5.69 Å². The van der Waals surface area contributed by atoms with Gasteiger partial charge in [-0.05, 0) is 30.3 Å². The predicted octanol–water partition coefficient (Wildman–Crippen LogP) is 1.01. The summed E-state index contributed by atoms with van der Waals surface area (Å²) in [5.74, 6) is -1.87. The van der Waals surface area contributed by atoms with E-state index >= 15 is 0 Å². The van der Waals surface area contributed by atoms with Crippen LogP contribution in [0.2, 0.25) is 0 Å². The van der Waals surface area contributed by atoms with E-state index in [2.05, 4.69) is 0 Å². The molecule has 2 bridgehead atoms. The van der Waals surface area contributed by atoms with Gasteiger partial charge in [0.2, 0.25) is 0 Å². The van der Waals surface area contributed by atoms with Crippen LogP contribution < -0.4 is 0 Å². The van der Waals surface area contributed by atoms with Crippen LogP contribution in [0.4, 0.5) is 5.82 Å². The lowest BCUT2D eigenvalue weighted by molar-refractivity contribution is -0.391. The molecule has 0 aromatic carbocycles. The fraction of sp³-hybridized carbons (Fsp3) is 0.538. The summed E-state index contributed by atoms with van der Waals surface area (Å²) in [5, 5.41) is 20.0. The second-order valence-corrected chi connectivity index (χ2v) is 5.58. The van der Waals surface area contributed by atoms with Gasteiger partial charge in [0, 0.05) is 18.2 Å². The summed E-state index contributed by atoms with van der Waals surface area (Å²) >= 11 is 0. The molecule has 3 heterocycles. The fourth-order valence-corrected chi connectivity index (χ4v) is 3.60. The molecule has 0 aliphatic carbocycles. The highest BCUT2D eigenvalue weighted by Gasteiger charge is 2.52. The maximum Gasteiger partial charge on any atom is 0.323 e. The van der Waals surface area contributed by atoms with Gasteiger partial charge in [-0.15, -0.1) is 0 Å². The summed E-state index contributed by atoms with van der Waals surface area (Å²) < 4.78 is 1.25. The zero-order valence-corrected chi connectivity index (χ0v) is 11.4. The number of rotatable bonds is 3. The van der Waals surface area contributed by atoms with E-state index in [1.807, 2.05) is 0 Å². The largest absolute Gasteiger partial charge is 0.481 e. The Morgan fingerprint density at radius 1 is 1.38 bits per heavy atom. The van der Waals surface area contributed by atoms with Crippen LogP contribution in [0.3, 0.4) is 0 Å². The third kappa shape index (κ3) is 1.90. The van der Waals surface area contributed by atoms with Gasteiger partial charge in [0.05, 0.1) is 13.0 Å². The Balaban J connectivity index is 1.90. The van der Waals surface area contributed by atoms with Crippen LogP contribution in [0.15, 0.2) is 12.1 Å². The smallest absolute Gasteiger partial charge is 0.323 e. The Labute approximate surface area is 120 Å². The predicted molar refractivity (Wildman–Crippen MR) is 70.8 cm³/mol. The van der Waals surface area contributed by atoms with Crippen molar-refractivity contribution in [3.05, 3.63) is 27.9 Å². The number of amides is 1. The molecule has 3 unspecified atom stereocenters. The number of aromatic nitrogens is 1. The molecule has 8 heteroatoms. The maximum atomic E-state index is 12.6. The Morgan fingerprint density at radius 2 is 2.10 bits per heavy atom. The molecule has 112 valence electrons. The Kier molecular flexibility index (Phi) is 2.96. The molecule has 8 nitrogen and oxygen atoms in total. The molecule has 1 aromatic heterocycles. The van der Waals surface area contributed by atoms with E-state index in [4.69, 9.17) is 0 Å². The average molecular weight is 293 g/mol. The summed E-state index contributed by atoms with van der Waals surface area (Å²) in [6.07, 6.45) is 1.95. The molecule has 0 saturated carbocycles. The minimum absolute atomic E-state index is 0.0717. The topological polar surface area (TPSA) is 106 Å². The molecule has 1 N–H and O–H groups in total. The molecule has 2 aliphatic rings. The highest BCUT2D eigenvalue weighted by molar-refractivity contribution is 5.94. The third-order valence-electron chi connectivity index (χ3n) is 4.59. The molecule has 3 atom stereocenters. The van der Waals surface area contributed by atoms with Crippen molar-refractivity contribution in [1.82, 2.24) is 9.47 Å². The van der Waals surface area contributed by atoms with Gasteiger partial charge in [-0.25, -0.2) is 4.57 Å². The highest BCUT2D eigenvalue weighted by atomic mass is 16.6. The number of nitrogens with zero attached hydrogens (tertiary/aromatic N) is 3. The third-order valence-corrected chi connectivity index (χ3v) is 4.59. The van der Waals surface area contributed by atoms with E-state index in [0.717, 1.165) is 6.42 Å². The van der Waals surface area contributed by atoms with Gasteiger partial charge in [0.1, 0.15) is 0 Å². The number of carbonyl (C=O) groups excluding carboxylic acids is 1. The molecule has 0 radical (unpaired) electrons. The van der Waals surface area contributed by atoms with Crippen molar-refractivity contribution in [3.8, 4) is 0 Å². The van der Waals surface area contributed by atoms with E-state index in [9.17, 15) is 24.8 Å². The van der Waals surface area contributed by atoms with Gasteiger partial charge in [-0.3, -0.25) is 9.59 Å². The summed E-state index contributed by atoms with van der Waals surface area (Å²) in [6, 6.07) is 2.35. The number of hydrogen-bond acceptors (Lipinski definition) is 4. The van der Waals surface area contributed by atoms with E-state index in [-0.39, 0.29) is 29.5 Å². The standard InChI is InChI=1S/C13H15N3O5/c1-14-10(4-5-11(14)16(20)21)12(17)15-7-2-3-9(15)8(6-7)13(18)19/h4-5,7-9H,2-3,6H2,1H3,(H,18,19). The fourth-order valence-electron chi connectivity index (χ4n) is 3.60. The number of hydrogen-bond donors (Lipinski definition) is 1. The summed E-state index contributed by atoms with van der Waals surface area (Å²) in [4.78, 5) is 35.8. The zero-order chi connectivity index (χ0) is 15.3. The molecule has 1 amide bonds. The SMILES string of the molecule is Cn1c(C(=O)N2C3CCC2C(C(=O)O)C3)ccc1[N+](=O)[O-]. The molecule has 1 aromatic rings. The Morgan fingerprint density at radius 3 is 2.62 bits per heavy atom. The van der Waals surface area contributed by atoms with E-state index in [0.29, 0.717) is 12.8 Å². The summed E-state index contributed by atoms with van der Waals surface area (Å²) in [5.41, 5.74) is 0.227. The molecule has 3 rings (SSSR count). The Hall–Kier alpha value is -2.38. The van der Waals surface area contributed by atoms with Gasteiger partial charge >= 0.3 is 11.8 Å². The second-order valence-electron chi connectivity index (χ2n) is 5.58. The van der Waals surface area contributed by atoms with Crippen LogP contribution in [-0.2, 0) is 11.8 Å². The molecular formula is C13H15N3O5. The first-order valence-electron chi connectivity index (χ1n) is 6.77. The number of carboxylic acids is 1. The molecule has 2 aliphatic heterocycles. The number of carboxylic acid groups (broad SMARTS) is 1. The first kappa shape index (κ1) is 13.6. The normalized spacial score (nSPS) is 27.1. The monoisotopic (exact) mass is 293 g/mol. The van der Waals surface area contributed by atoms with Crippen LogP contribution in [0, 0.1) is 16.0 Å². The van der Waals surface area contributed by atoms with Gasteiger partial charge < -0.3 is 20.1 Å². The van der Waals surface area contributed by atoms with Crippen LogP contribution in [-0.4, -0.2) is 43.5 Å². The maximum absolute atomic E-state index is 12.6. The molecule has 2 fully saturated rings. The molecular weight excluding hydrogens is 278 g/mol. The highest BCUT2D eigenvalue weighted by Crippen LogP contribution is 2.42. The van der Waals surface area contributed by atoms with Crippen LogP contribution in [0.1, 0.15) is 29.8 Å². The van der Waals surface area contributed by atoms with Gasteiger partial charge in [-0.2, -0.15) is 0 Å². The van der Waals surface area contributed by atoms with Crippen molar-refractivity contribution in [2.24, 2.45) is 13.0 Å². The van der Waals surface area contributed by atoms with Crippen molar-refractivity contribution in [3.63, 3.8) is 0 Å². The van der Waals surface area contributed by atoms with Gasteiger partial charge in [-0.1, -0.05) is 0 Å². The first-order valence-corrected chi connectivity index (χ1v) is 6.77. The lowest BCUT2D eigenvalue weighted by Crippen LogP contribution is -2.38. The van der Waals surface area contributed by atoms with Crippen molar-refractivity contribution in [2.75, 3.05) is 0 Å². The summed E-state index contributed by atoms with van der Waals surface area (Å²) in [6.45, 7) is 0. The zero-order valence-electron chi connectivity index (χ0n) is 11.4. The lowest BCUT2D eigenvalue weighted by atomic mass is 9.89. The van der Waals surface area contributed by atoms with E-state index in [1.165, 1.54) is 23.7 Å².